The molecule has 3 aromatic heterocycles. The number of hydrogen-bond acceptors (Lipinski definition) is 39. The number of nitro groups is 2. The summed E-state index contributed by atoms with van der Waals surface area (Å²) in [4.78, 5) is 77.9. The van der Waals surface area contributed by atoms with E-state index >= 15 is 0 Å². The summed E-state index contributed by atoms with van der Waals surface area (Å²) in [5.74, 6) is 0.994. The molecule has 10 rings (SSSR count). The first-order valence-corrected chi connectivity index (χ1v) is 55.4. The Bertz CT molecular complexity index is 5750. The van der Waals surface area contributed by atoms with Crippen LogP contribution in [-0.2, 0) is 56.4 Å². The van der Waals surface area contributed by atoms with Crippen molar-refractivity contribution in [1.29, 1.82) is 0 Å². The molecule has 4 heterocycles. The van der Waals surface area contributed by atoms with Gasteiger partial charge >= 0.3 is 11.4 Å². The third-order valence-electron chi connectivity index (χ3n) is 21.2. The number of Topliss-reactive ketones (excluding diaryl/α,β-unsaturated/α-hetero) is 1. The largest absolute Gasteiger partial charge is 0.494 e. The lowest BCUT2D eigenvalue weighted by atomic mass is 10.2. The van der Waals surface area contributed by atoms with Crippen LogP contribution in [0.25, 0.3) is 0 Å². The predicted molar refractivity (Wildman–Crippen MR) is 602 cm³/mol. The van der Waals surface area contributed by atoms with Crippen molar-refractivity contribution in [1.82, 2.24) is 49.5 Å². The van der Waals surface area contributed by atoms with E-state index in [-0.39, 0.29) is 145 Å². The highest BCUT2D eigenvalue weighted by atomic mass is 35.5. The Morgan fingerprint density at radius 2 is 0.827 bits per heavy atom. The monoisotopic (exact) mass is 2210 g/mol. The van der Waals surface area contributed by atoms with Gasteiger partial charge in [-0.1, -0.05) is 113 Å². The Morgan fingerprint density at radius 3 is 1.10 bits per heavy atom. The van der Waals surface area contributed by atoms with Crippen LogP contribution in [0.2, 0.25) is 15.1 Å². The summed E-state index contributed by atoms with van der Waals surface area (Å²) in [6, 6.07) is 30.0. The first-order chi connectivity index (χ1) is 70.0. The number of anilines is 13. The number of aliphatic hydroxyl groups excluding tert-OH is 2. The third kappa shape index (κ3) is 48.8. The van der Waals surface area contributed by atoms with Crippen LogP contribution < -0.4 is 76.8 Å². The Kier molecular flexibility index (Phi) is 64.9. The van der Waals surface area contributed by atoms with Crippen molar-refractivity contribution >= 4 is 179 Å². The van der Waals surface area contributed by atoms with Crippen LogP contribution in [0, 0.1) is 26.0 Å². The molecule has 1 aliphatic rings. The Balaban J connectivity index is 0.000000955. The average Bonchev–Trinajstić information content (AvgIpc) is 1.16. The molecule has 150 heavy (non-hydrogen) atoms. The maximum Gasteiger partial charge on any atom is 0.313 e. The van der Waals surface area contributed by atoms with Crippen molar-refractivity contribution < 1.29 is 105 Å². The topological polar surface area (TPSA) is 501 Å². The number of carbonyl (C=O) groups is 2. The van der Waals surface area contributed by atoms with Gasteiger partial charge in [-0.2, -0.15) is 19.3 Å². The van der Waals surface area contributed by atoms with E-state index in [1.54, 1.807) is 142 Å². The van der Waals surface area contributed by atoms with Gasteiger partial charge in [0.2, 0.25) is 35.3 Å². The van der Waals surface area contributed by atoms with Crippen LogP contribution >= 0.6 is 56.2 Å². The van der Waals surface area contributed by atoms with Gasteiger partial charge < -0.3 is 138 Å². The minimum absolute atomic E-state index is 0. The minimum atomic E-state index is -2.59. The maximum absolute atomic E-state index is 13.9. The number of likely N-dealkylation sites (N-methyl/N-ethyl adjacent to an activating group) is 4. The molecule has 6 aromatic carbocycles. The summed E-state index contributed by atoms with van der Waals surface area (Å²) in [6.45, 7) is 26.2. The highest BCUT2D eigenvalue weighted by molar-refractivity contribution is 7.71. The number of benzene rings is 6. The molecule has 1 fully saturated rings. The summed E-state index contributed by atoms with van der Waals surface area (Å²) in [5.41, 5.74) is 1.98. The zero-order valence-electron chi connectivity index (χ0n) is 90.0. The molecule has 0 spiro atoms. The Hall–Kier alpha value is -10.9. The molecule has 9 aromatic rings. The predicted octanol–water partition coefficient (Wildman–Crippen LogP) is 17.2. The molecule has 3 radical (unpaired) electrons. The number of rotatable bonds is 49. The van der Waals surface area contributed by atoms with Gasteiger partial charge in [0.1, 0.15) is 79.3 Å². The molecular weight excluding hydrogens is 2060 g/mol. The third-order valence-corrected chi connectivity index (χ3v) is 26.6. The molecule has 6 unspecified atom stereocenters. The van der Waals surface area contributed by atoms with Crippen molar-refractivity contribution in [2.24, 2.45) is 0 Å². The summed E-state index contributed by atoms with van der Waals surface area (Å²) >= 11 is 19.0. The second kappa shape index (κ2) is 71.1. The summed E-state index contributed by atoms with van der Waals surface area (Å²) in [7, 11) is 21.7. The van der Waals surface area contributed by atoms with Crippen LogP contribution in [0.4, 0.5) is 90.9 Å². The van der Waals surface area contributed by atoms with Crippen LogP contribution in [0.5, 0.6) is 28.7 Å². The number of para-hydroxylation sites is 3. The van der Waals surface area contributed by atoms with E-state index in [0.717, 1.165) is 44.3 Å². The van der Waals surface area contributed by atoms with Crippen LogP contribution in [0.3, 0.4) is 0 Å². The average molecular weight is 2220 g/mol. The second-order valence-corrected chi connectivity index (χ2v) is 45.3. The Morgan fingerprint density at radius 1 is 0.487 bits per heavy atom. The quantitative estimate of drug-likeness (QED) is 0.00427. The normalized spacial score (nSPS) is 12.7. The van der Waals surface area contributed by atoms with Gasteiger partial charge in [-0.15, -0.1) is 0 Å². The summed E-state index contributed by atoms with van der Waals surface area (Å²) in [5, 5.41) is 64.0. The van der Waals surface area contributed by atoms with Crippen molar-refractivity contribution in [2.75, 3.05) is 264 Å². The molecule has 831 valence electrons. The number of epoxide rings is 1. The number of halogens is 4. The number of nitrogens with zero attached hydrogens (tertiary/aromatic N) is 12. The SMILES string of the molecule is C.C=CC(=O)Nc1cc(Nc2ncc(Cl)c(Nc3ccccc3P(C)(C)=O)n2)c(OC)cc1OCC(COC)N(C)C.CCC(=O)COC.CCC(COC)N(C)C.CCC(O)COC.CCC1CO1.COCC(CO)N(C)C.COCC(COc1cc(OC)c(Nc2ncc(Cl)c(Nc3ccccc3P(C)(C)=O)n2)cc1[N+](=O)[O-])N(C)C.COc1cc(F)c([N+](=O)[O-])cc1Nc1ncc(Cl)c(Nc2ccccc2P(C)(C)=O)n1.[B]. The number of hydrogen-bond donors (Lipinski definition) is 9. The number of ketones is 1. The zero-order chi connectivity index (χ0) is 111. The van der Waals surface area contributed by atoms with E-state index < -0.39 is 48.7 Å². The number of ether oxygens (including phenoxy) is 12. The fourth-order valence-corrected chi connectivity index (χ4v) is 16.3. The zero-order valence-corrected chi connectivity index (χ0v) is 95.0. The molecule has 9 N–H and O–H groups in total. The lowest BCUT2D eigenvalue weighted by Gasteiger charge is -2.24. The maximum atomic E-state index is 13.9. The van der Waals surface area contributed by atoms with Crippen LogP contribution in [0.1, 0.15) is 60.8 Å². The fraction of sp³-hybridized carbons (Fsp3) is 0.480. The summed E-state index contributed by atoms with van der Waals surface area (Å²) < 4.78 is 114. The van der Waals surface area contributed by atoms with Crippen molar-refractivity contribution in [2.45, 2.75) is 97.2 Å². The number of aliphatic hydroxyl groups is 2. The smallest absolute Gasteiger partial charge is 0.313 e. The highest BCUT2D eigenvalue weighted by Gasteiger charge is 2.29. The standard InChI is InChI=1S/C28H36ClN6O5P.C25H32ClN6O6P.C19H18ClFN5O4P.C7H17NO.C6H15NO2.C5H12O2.C5H10O2.C4H8O.CH4.B/c1-8-26(36)31-22-13-21(23(39-5)14-24(22)40-17-18(16-38-4)35(2)3)33-28-30-15-19(29)27(34-28)32-20-11-9-10-12-25(20)41(6,7)37;1-31(2)16(14-36-3)15-38-22-12-21(37-4)19(11-20(22)32(33)34)29-25-27-13-17(26)24(30-25)28-18-9-7-8-10-23(18)39(5,6)35;1-30-16-8-12(21)15(26(27)28)9-14(16)24-19-22-10-11(20)18(25-19)23-13-6-4-5-7-17(13)31(2,3)29;1-5-7(6-9-4)8(2)3;1-7(2)6(4-8)5-9-3;2*1-3-5(6)4-7-2;1-2-4-3-5-4;;/h8-15,18H,1,16-17H2,2-7H3,(H,31,36)(H2,30,32,33,34);7-13,16H,14-15H2,1-6H3,(H2,27,28,29,30);4-10H,1-3H3,(H2,22,23,24,25);7H,5-6H2,1-4H3;6,8H,4-5H2,1-3H3;5-6H,3-4H2,1-2H3;3-4H2,1-2H3;4H,2-3H2,1H3;1H4;. The lowest BCUT2D eigenvalue weighted by Crippen LogP contribution is -2.37. The van der Waals surface area contributed by atoms with Gasteiger partial charge in [0.15, 0.2) is 23.2 Å². The molecule has 1 saturated heterocycles. The molecule has 42 nitrogen and oxygen atoms in total. The van der Waals surface area contributed by atoms with Gasteiger partial charge in [-0.3, -0.25) is 29.8 Å². The van der Waals surface area contributed by atoms with Gasteiger partial charge in [-0.25, -0.2) is 15.0 Å². The molecule has 0 saturated carbocycles. The van der Waals surface area contributed by atoms with E-state index in [1.165, 1.54) is 65.6 Å². The van der Waals surface area contributed by atoms with Gasteiger partial charge in [-0.05, 0) is 164 Å². The van der Waals surface area contributed by atoms with Gasteiger partial charge in [0.05, 0.1) is 166 Å². The number of carbonyl (C=O) groups excluding carboxylic acids is 2. The first kappa shape index (κ1) is 137. The fourth-order valence-electron chi connectivity index (χ4n) is 12.4. The number of nitro benzene ring substituents is 2. The van der Waals surface area contributed by atoms with E-state index in [4.69, 9.17) is 92.4 Å². The number of nitrogens with one attached hydrogen (secondary N) is 7. The first-order valence-electron chi connectivity index (χ1n) is 46.4. The number of methoxy groups -OCH3 is 9. The van der Waals surface area contributed by atoms with E-state index in [9.17, 15) is 47.9 Å². The lowest BCUT2D eigenvalue weighted by molar-refractivity contribution is -0.387. The molecule has 50 heteroatoms. The molecule has 0 aliphatic carbocycles. The van der Waals surface area contributed by atoms with Crippen LogP contribution in [0.15, 0.2) is 140 Å². The van der Waals surface area contributed by atoms with Gasteiger partial charge in [0, 0.05) is 110 Å². The molecular formula is C100H152BCl3FN19O23P3. The summed E-state index contributed by atoms with van der Waals surface area (Å²) in [6.07, 6.45) is 9.38. The minimum Gasteiger partial charge on any atom is -0.494 e. The number of amides is 1. The van der Waals surface area contributed by atoms with Crippen LogP contribution in [-0.4, -0.2) is 352 Å². The van der Waals surface area contributed by atoms with E-state index in [2.05, 4.69) is 116 Å². The van der Waals surface area contributed by atoms with Crippen molar-refractivity contribution in [3.05, 3.63) is 182 Å². The van der Waals surface area contributed by atoms with E-state index in [0.29, 0.717) is 113 Å². The highest BCUT2D eigenvalue weighted by Crippen LogP contribution is 2.45. The molecule has 6 atom stereocenters. The molecule has 1 amide bonds. The van der Waals surface area contributed by atoms with Crippen molar-refractivity contribution in [3.8, 4) is 28.7 Å². The number of aromatic nitrogens is 6. The van der Waals surface area contributed by atoms with Gasteiger partial charge in [0.25, 0.3) is 0 Å². The Labute approximate surface area is 898 Å². The molecule has 1 aliphatic heterocycles. The second-order valence-electron chi connectivity index (χ2n) is 34.5. The van der Waals surface area contributed by atoms with Crippen molar-refractivity contribution in [3.63, 3.8) is 0 Å². The molecule has 0 bridgehead atoms. The van der Waals surface area contributed by atoms with E-state index in [1.807, 2.05) is 89.0 Å².